The Balaban J connectivity index is 2.49. The van der Waals surface area contributed by atoms with Crippen molar-refractivity contribution in [3.8, 4) is 0 Å². The van der Waals surface area contributed by atoms with E-state index in [2.05, 4.69) is 10.6 Å². The first-order chi connectivity index (χ1) is 8.79. The van der Waals surface area contributed by atoms with E-state index < -0.39 is 17.8 Å². The zero-order chi connectivity index (χ0) is 14.5. The number of hydrogen-bond acceptors (Lipinski definition) is 2. The zero-order valence-electron chi connectivity index (χ0n) is 10.2. The number of urea groups is 1. The molecule has 0 aliphatic heterocycles. The molecule has 7 heteroatoms. The third kappa shape index (κ3) is 5.41. The molecule has 0 spiro atoms. The van der Waals surface area contributed by atoms with E-state index in [1.54, 1.807) is 0 Å². The van der Waals surface area contributed by atoms with Gasteiger partial charge in [-0.05, 0) is 31.2 Å². The highest BCUT2D eigenvalue weighted by molar-refractivity contribution is 5.89. The number of hydrogen-bond donors (Lipinski definition) is 2. The summed E-state index contributed by atoms with van der Waals surface area (Å²) in [6.07, 6.45) is -4.19. The summed E-state index contributed by atoms with van der Waals surface area (Å²) in [6.45, 7) is 1.58. The molecule has 2 N–H and O–H groups in total. The quantitative estimate of drug-likeness (QED) is 0.887. The highest BCUT2D eigenvalue weighted by atomic mass is 19.4. The monoisotopic (exact) mass is 274 g/mol. The van der Waals surface area contributed by atoms with Gasteiger partial charge in [-0.3, -0.25) is 4.79 Å². The van der Waals surface area contributed by atoms with Crippen molar-refractivity contribution in [1.82, 2.24) is 5.32 Å². The van der Waals surface area contributed by atoms with E-state index in [0.717, 1.165) is 24.3 Å². The lowest BCUT2D eigenvalue weighted by atomic mass is 10.2. The Morgan fingerprint density at radius 3 is 2.21 bits per heavy atom. The first-order valence-corrected chi connectivity index (χ1v) is 5.50. The van der Waals surface area contributed by atoms with Gasteiger partial charge in [-0.1, -0.05) is 0 Å². The van der Waals surface area contributed by atoms with Crippen LogP contribution < -0.4 is 10.6 Å². The van der Waals surface area contributed by atoms with Gasteiger partial charge in [0.15, 0.2) is 0 Å². The minimum atomic E-state index is -4.40. The highest BCUT2D eigenvalue weighted by Crippen LogP contribution is 2.29. The Bertz CT molecular complexity index is 455. The maximum absolute atomic E-state index is 12.3. The molecule has 0 saturated carbocycles. The van der Waals surface area contributed by atoms with Crippen LogP contribution in [-0.4, -0.2) is 18.4 Å². The number of rotatable bonds is 4. The Morgan fingerprint density at radius 2 is 1.74 bits per heavy atom. The predicted molar refractivity (Wildman–Crippen MR) is 63.8 cm³/mol. The van der Waals surface area contributed by atoms with Crippen molar-refractivity contribution in [2.75, 3.05) is 11.9 Å². The molecule has 104 valence electrons. The summed E-state index contributed by atoms with van der Waals surface area (Å²) < 4.78 is 36.9. The van der Waals surface area contributed by atoms with E-state index >= 15 is 0 Å². The highest BCUT2D eigenvalue weighted by Gasteiger charge is 2.29. The number of anilines is 1. The summed E-state index contributed by atoms with van der Waals surface area (Å²) in [5.41, 5.74) is -0.539. The molecule has 0 bridgehead atoms. The molecule has 19 heavy (non-hydrogen) atoms. The fourth-order valence-corrected chi connectivity index (χ4v) is 1.27. The SMILES string of the molecule is CC(=O)CCNC(=O)Nc1ccc(C(F)(F)F)cc1. The Hall–Kier alpha value is -2.05. The number of halogens is 3. The molecule has 2 amide bonds. The van der Waals surface area contributed by atoms with Crippen molar-refractivity contribution in [3.63, 3.8) is 0 Å². The van der Waals surface area contributed by atoms with Gasteiger partial charge in [-0.2, -0.15) is 13.2 Å². The normalized spacial score (nSPS) is 10.9. The third-order valence-electron chi connectivity index (χ3n) is 2.23. The fraction of sp³-hybridized carbons (Fsp3) is 0.333. The van der Waals surface area contributed by atoms with Gasteiger partial charge in [-0.15, -0.1) is 0 Å². The van der Waals surface area contributed by atoms with E-state index in [1.165, 1.54) is 6.92 Å². The Kier molecular flexibility index (Phi) is 4.91. The second-order valence-electron chi connectivity index (χ2n) is 3.91. The van der Waals surface area contributed by atoms with Crippen LogP contribution in [0.15, 0.2) is 24.3 Å². The molecular formula is C12H13F3N2O2. The van der Waals surface area contributed by atoms with Crippen molar-refractivity contribution in [2.24, 2.45) is 0 Å². The van der Waals surface area contributed by atoms with E-state index in [-0.39, 0.29) is 24.4 Å². The number of benzene rings is 1. The molecule has 0 radical (unpaired) electrons. The van der Waals surface area contributed by atoms with Crippen molar-refractivity contribution >= 4 is 17.5 Å². The van der Waals surface area contributed by atoms with Crippen LogP contribution in [0.3, 0.4) is 0 Å². The first-order valence-electron chi connectivity index (χ1n) is 5.50. The minimum absolute atomic E-state index is 0.0603. The largest absolute Gasteiger partial charge is 0.416 e. The van der Waals surface area contributed by atoms with Crippen LogP contribution in [0.1, 0.15) is 18.9 Å². The standard InChI is InChI=1S/C12H13F3N2O2/c1-8(18)6-7-16-11(19)17-10-4-2-9(3-5-10)12(13,14)15/h2-5H,6-7H2,1H3,(H2,16,17,19). The van der Waals surface area contributed by atoms with Crippen molar-refractivity contribution in [2.45, 2.75) is 19.5 Å². The first kappa shape index (κ1) is 15.0. The van der Waals surface area contributed by atoms with Gasteiger partial charge in [0.2, 0.25) is 0 Å². The summed E-state index contributed by atoms with van der Waals surface area (Å²) in [4.78, 5) is 22.0. The van der Waals surface area contributed by atoms with Crippen molar-refractivity contribution in [1.29, 1.82) is 0 Å². The van der Waals surface area contributed by atoms with Gasteiger partial charge in [0.1, 0.15) is 5.78 Å². The van der Waals surface area contributed by atoms with Crippen LogP contribution in [0.2, 0.25) is 0 Å². The van der Waals surface area contributed by atoms with E-state index in [1.807, 2.05) is 0 Å². The van der Waals surface area contributed by atoms with E-state index in [4.69, 9.17) is 0 Å². The summed E-state index contributed by atoms with van der Waals surface area (Å²) >= 11 is 0. The van der Waals surface area contributed by atoms with Gasteiger partial charge in [-0.25, -0.2) is 4.79 Å². The smallest absolute Gasteiger partial charge is 0.337 e. The maximum atomic E-state index is 12.3. The molecule has 0 aliphatic carbocycles. The van der Waals surface area contributed by atoms with Crippen LogP contribution in [0.5, 0.6) is 0 Å². The molecule has 1 aromatic rings. The summed E-state index contributed by atoms with van der Waals surface area (Å²) in [5.74, 6) is -0.0603. The Morgan fingerprint density at radius 1 is 1.16 bits per heavy atom. The van der Waals surface area contributed by atoms with Crippen LogP contribution in [0.25, 0.3) is 0 Å². The maximum Gasteiger partial charge on any atom is 0.416 e. The van der Waals surface area contributed by atoms with E-state index in [0.29, 0.717) is 0 Å². The molecular weight excluding hydrogens is 261 g/mol. The van der Waals surface area contributed by atoms with Crippen LogP contribution in [0.4, 0.5) is 23.7 Å². The molecule has 0 aliphatic rings. The third-order valence-corrected chi connectivity index (χ3v) is 2.23. The molecule has 1 rings (SSSR count). The van der Waals surface area contributed by atoms with Crippen molar-refractivity contribution in [3.05, 3.63) is 29.8 Å². The Labute approximate surface area is 108 Å². The van der Waals surface area contributed by atoms with Gasteiger partial charge < -0.3 is 10.6 Å². The molecule has 4 nitrogen and oxygen atoms in total. The van der Waals surface area contributed by atoms with Crippen LogP contribution in [0, 0.1) is 0 Å². The number of ketones is 1. The summed E-state index contributed by atoms with van der Waals surface area (Å²) in [5, 5.41) is 4.78. The van der Waals surface area contributed by atoms with Crippen molar-refractivity contribution < 1.29 is 22.8 Å². The molecule has 0 aromatic heterocycles. The molecule has 0 heterocycles. The summed E-state index contributed by atoms with van der Waals surface area (Å²) in [6, 6.07) is 3.51. The number of nitrogens with one attached hydrogen (secondary N) is 2. The minimum Gasteiger partial charge on any atom is -0.337 e. The molecule has 0 saturated heterocycles. The van der Waals surface area contributed by atoms with Crippen LogP contribution >= 0.6 is 0 Å². The number of Topliss-reactive ketones (excluding diaryl/α,β-unsaturated/α-hetero) is 1. The van der Waals surface area contributed by atoms with Gasteiger partial charge >= 0.3 is 12.2 Å². The van der Waals surface area contributed by atoms with Gasteiger partial charge in [0, 0.05) is 18.7 Å². The predicted octanol–water partition coefficient (Wildman–Crippen LogP) is 2.81. The molecule has 1 aromatic carbocycles. The average Bonchev–Trinajstić information content (AvgIpc) is 2.27. The number of alkyl halides is 3. The molecule has 0 unspecified atom stereocenters. The zero-order valence-corrected chi connectivity index (χ0v) is 10.2. The van der Waals surface area contributed by atoms with Gasteiger partial charge in [0.25, 0.3) is 0 Å². The van der Waals surface area contributed by atoms with Gasteiger partial charge in [0.05, 0.1) is 5.56 Å². The number of carbonyl (C=O) groups excluding carboxylic acids is 2. The average molecular weight is 274 g/mol. The number of amides is 2. The summed E-state index contributed by atoms with van der Waals surface area (Å²) in [7, 11) is 0. The second-order valence-corrected chi connectivity index (χ2v) is 3.91. The topological polar surface area (TPSA) is 58.2 Å². The van der Waals surface area contributed by atoms with E-state index in [9.17, 15) is 22.8 Å². The molecule has 0 fully saturated rings. The number of carbonyl (C=O) groups is 2. The van der Waals surface area contributed by atoms with Crippen LogP contribution in [-0.2, 0) is 11.0 Å². The lowest BCUT2D eigenvalue weighted by Crippen LogP contribution is -2.30. The lowest BCUT2D eigenvalue weighted by Gasteiger charge is -2.09. The molecule has 0 atom stereocenters. The lowest BCUT2D eigenvalue weighted by molar-refractivity contribution is -0.137. The second kappa shape index (κ2) is 6.21. The fourth-order valence-electron chi connectivity index (χ4n) is 1.27.